The van der Waals surface area contributed by atoms with Crippen molar-refractivity contribution in [1.82, 2.24) is 9.55 Å². The second-order valence-corrected chi connectivity index (χ2v) is 8.03. The maximum Gasteiger partial charge on any atom is 0.270 e. The minimum Gasteiger partial charge on any atom is -0.458 e. The predicted molar refractivity (Wildman–Crippen MR) is 127 cm³/mol. The zero-order valence-corrected chi connectivity index (χ0v) is 18.2. The van der Waals surface area contributed by atoms with Gasteiger partial charge in [0, 0.05) is 30.1 Å². The zero-order chi connectivity index (χ0) is 23.9. The van der Waals surface area contributed by atoms with Crippen molar-refractivity contribution in [3.05, 3.63) is 118 Å². The number of hydrogen-bond acceptors (Lipinski definition) is 6. The standard InChI is InChI=1S/C26H19N5O3/c1-30-16-29-15-23(30)26(28,20-9-7-17(14-27)8-10-20)24-12-19-11-21(31(32)33)13-22(25(19)34-24)18-5-3-2-4-6-18/h2-13,15-16H,28H2,1H3/t26-/m1/s1. The fraction of sp³-hybridized carbons (Fsp3) is 0.0769. The average molecular weight is 449 g/mol. The summed E-state index contributed by atoms with van der Waals surface area (Å²) >= 11 is 0. The number of nitro benzene ring substituents is 1. The van der Waals surface area contributed by atoms with Crippen molar-refractivity contribution in [1.29, 1.82) is 5.26 Å². The minimum absolute atomic E-state index is 0.0415. The number of aromatic nitrogens is 2. The highest BCUT2D eigenvalue weighted by Gasteiger charge is 2.38. The number of rotatable bonds is 5. The number of imidazole rings is 1. The first-order chi connectivity index (χ1) is 16.4. The van der Waals surface area contributed by atoms with E-state index in [2.05, 4.69) is 11.1 Å². The van der Waals surface area contributed by atoms with Gasteiger partial charge in [-0.2, -0.15) is 5.26 Å². The Bertz CT molecular complexity index is 1560. The highest BCUT2D eigenvalue weighted by atomic mass is 16.6. The number of benzene rings is 3. The Morgan fingerprint density at radius 3 is 2.47 bits per heavy atom. The summed E-state index contributed by atoms with van der Waals surface area (Å²) in [7, 11) is 1.83. The van der Waals surface area contributed by atoms with E-state index in [-0.39, 0.29) is 5.69 Å². The number of nitro groups is 1. The highest BCUT2D eigenvalue weighted by molar-refractivity contribution is 5.95. The maximum atomic E-state index is 11.7. The Morgan fingerprint density at radius 2 is 1.85 bits per heavy atom. The molecule has 0 bridgehead atoms. The Labute approximate surface area is 194 Å². The molecule has 34 heavy (non-hydrogen) atoms. The van der Waals surface area contributed by atoms with E-state index in [1.807, 2.05) is 37.4 Å². The summed E-state index contributed by atoms with van der Waals surface area (Å²) in [4.78, 5) is 15.5. The van der Waals surface area contributed by atoms with Crippen LogP contribution in [0.15, 0.2) is 89.7 Å². The molecular formula is C26H19N5O3. The quantitative estimate of drug-likeness (QED) is 0.302. The fourth-order valence-electron chi connectivity index (χ4n) is 4.23. The van der Waals surface area contributed by atoms with Gasteiger partial charge in [-0.3, -0.25) is 10.1 Å². The molecule has 0 aliphatic rings. The molecular weight excluding hydrogens is 430 g/mol. The lowest BCUT2D eigenvalue weighted by atomic mass is 9.84. The number of non-ortho nitro benzene ring substituents is 1. The number of hydrogen-bond donors (Lipinski definition) is 1. The molecule has 0 unspecified atom stereocenters. The van der Waals surface area contributed by atoms with Gasteiger partial charge < -0.3 is 14.7 Å². The van der Waals surface area contributed by atoms with E-state index >= 15 is 0 Å². The van der Waals surface area contributed by atoms with Gasteiger partial charge in [0.05, 0.1) is 34.8 Å². The zero-order valence-electron chi connectivity index (χ0n) is 18.2. The van der Waals surface area contributed by atoms with Gasteiger partial charge in [0.1, 0.15) is 16.9 Å². The molecule has 0 saturated carbocycles. The first-order valence-electron chi connectivity index (χ1n) is 10.5. The Hall–Kier alpha value is -4.74. The number of furan rings is 1. The van der Waals surface area contributed by atoms with Crippen LogP contribution in [0, 0.1) is 21.4 Å². The molecule has 0 aliphatic carbocycles. The largest absolute Gasteiger partial charge is 0.458 e. The van der Waals surface area contributed by atoms with Gasteiger partial charge in [-0.15, -0.1) is 0 Å². The van der Waals surface area contributed by atoms with Crippen molar-refractivity contribution < 1.29 is 9.34 Å². The monoisotopic (exact) mass is 449 g/mol. The molecule has 0 aliphatic heterocycles. The fourth-order valence-corrected chi connectivity index (χ4v) is 4.23. The van der Waals surface area contributed by atoms with Crippen molar-refractivity contribution in [2.75, 3.05) is 0 Å². The van der Waals surface area contributed by atoms with Crippen LogP contribution >= 0.6 is 0 Å². The Kier molecular flexibility index (Phi) is 4.97. The first kappa shape index (κ1) is 21.1. The van der Waals surface area contributed by atoms with Gasteiger partial charge in [0.15, 0.2) is 0 Å². The van der Waals surface area contributed by atoms with Crippen LogP contribution in [-0.2, 0) is 12.6 Å². The van der Waals surface area contributed by atoms with Gasteiger partial charge in [-0.05, 0) is 29.3 Å². The van der Waals surface area contributed by atoms with E-state index < -0.39 is 10.5 Å². The summed E-state index contributed by atoms with van der Waals surface area (Å²) in [6.07, 6.45) is 3.30. The summed E-state index contributed by atoms with van der Waals surface area (Å²) in [6, 6.07) is 23.1. The smallest absolute Gasteiger partial charge is 0.270 e. The molecule has 2 N–H and O–H groups in total. The van der Waals surface area contributed by atoms with Crippen LogP contribution in [0.3, 0.4) is 0 Å². The highest BCUT2D eigenvalue weighted by Crippen LogP contribution is 2.41. The van der Waals surface area contributed by atoms with Crippen LogP contribution < -0.4 is 5.73 Å². The lowest BCUT2D eigenvalue weighted by Gasteiger charge is -2.28. The minimum atomic E-state index is -1.26. The molecule has 0 amide bonds. The van der Waals surface area contributed by atoms with E-state index in [4.69, 9.17) is 10.2 Å². The summed E-state index contributed by atoms with van der Waals surface area (Å²) in [5, 5.41) is 21.4. The average Bonchev–Trinajstić information content (AvgIpc) is 3.50. The molecule has 0 fully saturated rings. The second kappa shape index (κ2) is 7.99. The normalized spacial score (nSPS) is 12.9. The number of nitrogens with zero attached hydrogens (tertiary/aromatic N) is 4. The molecule has 166 valence electrons. The molecule has 5 aromatic rings. The lowest BCUT2D eigenvalue weighted by Crippen LogP contribution is -2.40. The summed E-state index contributed by atoms with van der Waals surface area (Å²) < 4.78 is 8.19. The van der Waals surface area contributed by atoms with E-state index in [9.17, 15) is 15.4 Å². The Balaban J connectivity index is 1.80. The van der Waals surface area contributed by atoms with Crippen molar-refractivity contribution in [3.63, 3.8) is 0 Å². The molecule has 0 radical (unpaired) electrons. The van der Waals surface area contributed by atoms with Gasteiger partial charge in [0.25, 0.3) is 5.69 Å². The van der Waals surface area contributed by atoms with Gasteiger partial charge in [0.2, 0.25) is 0 Å². The van der Waals surface area contributed by atoms with E-state index in [1.165, 1.54) is 12.1 Å². The number of nitrogens with two attached hydrogens (primary N) is 1. The topological polar surface area (TPSA) is 124 Å². The van der Waals surface area contributed by atoms with Crippen LogP contribution in [0.4, 0.5) is 5.69 Å². The molecule has 3 aromatic carbocycles. The van der Waals surface area contributed by atoms with Crippen LogP contribution in [0.25, 0.3) is 22.1 Å². The van der Waals surface area contributed by atoms with Crippen molar-refractivity contribution in [2.24, 2.45) is 12.8 Å². The van der Waals surface area contributed by atoms with Crippen LogP contribution in [0.1, 0.15) is 22.6 Å². The molecule has 8 heteroatoms. The maximum absolute atomic E-state index is 11.7. The summed E-state index contributed by atoms with van der Waals surface area (Å²) in [6.45, 7) is 0. The third-order valence-corrected chi connectivity index (χ3v) is 5.98. The van der Waals surface area contributed by atoms with Crippen molar-refractivity contribution >= 4 is 16.7 Å². The third kappa shape index (κ3) is 3.32. The number of aryl methyl sites for hydroxylation is 1. The third-order valence-electron chi connectivity index (χ3n) is 5.98. The number of nitriles is 1. The number of fused-ring (bicyclic) bond motifs is 1. The Morgan fingerprint density at radius 1 is 1.12 bits per heavy atom. The molecule has 8 nitrogen and oxygen atoms in total. The first-order valence-corrected chi connectivity index (χ1v) is 10.5. The molecule has 0 spiro atoms. The van der Waals surface area contributed by atoms with Gasteiger partial charge in [-0.25, -0.2) is 4.98 Å². The molecule has 2 aromatic heterocycles. The second-order valence-electron chi connectivity index (χ2n) is 8.03. The molecule has 5 rings (SSSR count). The van der Waals surface area contributed by atoms with Crippen LogP contribution in [-0.4, -0.2) is 14.5 Å². The van der Waals surface area contributed by atoms with Gasteiger partial charge >= 0.3 is 0 Å². The van der Waals surface area contributed by atoms with Gasteiger partial charge in [-0.1, -0.05) is 42.5 Å². The molecule has 2 heterocycles. The van der Waals surface area contributed by atoms with Crippen molar-refractivity contribution in [2.45, 2.75) is 5.54 Å². The van der Waals surface area contributed by atoms with E-state index in [1.54, 1.807) is 47.4 Å². The lowest BCUT2D eigenvalue weighted by molar-refractivity contribution is -0.384. The molecule has 0 saturated heterocycles. The van der Waals surface area contributed by atoms with E-state index in [0.717, 1.165) is 5.56 Å². The SMILES string of the molecule is Cn1cncc1[C@](N)(c1ccc(C#N)cc1)c1cc2cc([N+](=O)[O-])cc(-c3ccccc3)c2o1. The van der Waals surface area contributed by atoms with E-state index in [0.29, 0.717) is 39.1 Å². The van der Waals surface area contributed by atoms with Crippen LogP contribution in [0.5, 0.6) is 0 Å². The van der Waals surface area contributed by atoms with Crippen molar-refractivity contribution in [3.8, 4) is 17.2 Å². The molecule has 1 atom stereocenters. The predicted octanol–water partition coefficient (Wildman–Crippen LogP) is 4.86. The van der Waals surface area contributed by atoms with Crippen LogP contribution in [0.2, 0.25) is 0 Å². The summed E-state index contributed by atoms with van der Waals surface area (Å²) in [5.41, 5.74) is 9.51. The summed E-state index contributed by atoms with van der Waals surface area (Å²) in [5.74, 6) is 0.397.